The van der Waals surface area contributed by atoms with Crippen molar-refractivity contribution >= 4 is 75.8 Å². The zero-order valence-corrected chi connectivity index (χ0v) is 20.5. The maximum Gasteiger partial charge on any atom is 0.271 e. The molecule has 0 radical (unpaired) electrons. The minimum absolute atomic E-state index is 0.0651. The molecule has 0 saturated heterocycles. The second-order valence-electron chi connectivity index (χ2n) is 6.79. The lowest BCUT2D eigenvalue weighted by Crippen LogP contribution is -2.20. The van der Waals surface area contributed by atoms with Crippen molar-refractivity contribution in [1.29, 1.82) is 0 Å². The smallest absolute Gasteiger partial charge is 0.271 e. The first-order valence-corrected chi connectivity index (χ1v) is 11.1. The number of non-ortho nitro benzene ring substituents is 1. The van der Waals surface area contributed by atoms with Crippen LogP contribution in [0.4, 0.5) is 11.4 Å². The molecule has 0 aliphatic heterocycles. The molecule has 3 rings (SSSR count). The summed E-state index contributed by atoms with van der Waals surface area (Å²) in [6, 6.07) is 12.7. The highest BCUT2D eigenvalue weighted by Crippen LogP contribution is 2.34. The van der Waals surface area contributed by atoms with E-state index in [4.69, 9.17) is 51.1 Å². The number of nitrogens with zero attached hydrogens (tertiary/aromatic N) is 2. The van der Waals surface area contributed by atoms with Gasteiger partial charge in [0.2, 0.25) is 0 Å². The number of nitro groups is 1. The van der Waals surface area contributed by atoms with E-state index < -0.39 is 16.7 Å². The van der Waals surface area contributed by atoms with Gasteiger partial charge in [-0.15, -0.1) is 0 Å². The third kappa shape index (κ3) is 7.30. The van der Waals surface area contributed by atoms with Gasteiger partial charge in [-0.3, -0.25) is 19.7 Å². The number of benzene rings is 3. The van der Waals surface area contributed by atoms with Crippen LogP contribution in [0.5, 0.6) is 5.75 Å². The predicted molar refractivity (Wildman–Crippen MR) is 135 cm³/mol. The van der Waals surface area contributed by atoms with E-state index in [-0.39, 0.29) is 38.7 Å². The van der Waals surface area contributed by atoms with E-state index in [1.54, 1.807) is 12.1 Å². The van der Waals surface area contributed by atoms with Crippen LogP contribution in [-0.4, -0.2) is 29.6 Å². The number of hydrogen-bond donors (Lipinski definition) is 2. The lowest BCUT2D eigenvalue weighted by atomic mass is 10.2. The molecule has 3 aromatic carbocycles. The van der Waals surface area contributed by atoms with Crippen LogP contribution in [0.3, 0.4) is 0 Å². The number of ether oxygens (including phenoxy) is 1. The van der Waals surface area contributed by atoms with E-state index in [0.717, 1.165) is 6.07 Å². The second kappa shape index (κ2) is 11.9. The summed E-state index contributed by atoms with van der Waals surface area (Å²) in [4.78, 5) is 34.5. The number of nitrogens with one attached hydrogen (secondary N) is 2. The summed E-state index contributed by atoms with van der Waals surface area (Å²) >= 11 is 24.2. The molecule has 0 atom stereocenters. The first-order chi connectivity index (χ1) is 16.6. The summed E-state index contributed by atoms with van der Waals surface area (Å²) in [5.74, 6) is -1.05. The molecule has 0 unspecified atom stereocenters. The Bertz CT molecular complexity index is 1310. The fraction of sp³-hybridized carbons (Fsp3) is 0.0455. The number of anilines is 1. The van der Waals surface area contributed by atoms with Gasteiger partial charge in [0, 0.05) is 23.4 Å². The molecule has 180 valence electrons. The Hall–Kier alpha value is -3.37. The molecule has 0 bridgehead atoms. The molecule has 0 heterocycles. The monoisotopic (exact) mass is 554 g/mol. The number of halogens is 4. The van der Waals surface area contributed by atoms with E-state index in [0.29, 0.717) is 16.3 Å². The number of hydrogen-bond acceptors (Lipinski definition) is 6. The molecule has 35 heavy (non-hydrogen) atoms. The third-order valence-electron chi connectivity index (χ3n) is 4.27. The molecule has 0 aliphatic rings. The van der Waals surface area contributed by atoms with Crippen molar-refractivity contribution in [2.75, 3.05) is 11.9 Å². The van der Waals surface area contributed by atoms with Gasteiger partial charge in [0.05, 0.1) is 31.2 Å². The SMILES string of the molecule is O=C(COc1c(Cl)cc(/C=N/NC(=O)c2cccc([N+](=O)[O-])c2)cc1Cl)Nc1ccc(Cl)c(Cl)c1. The maximum atomic E-state index is 12.2. The largest absolute Gasteiger partial charge is 0.481 e. The average molecular weight is 556 g/mol. The van der Waals surface area contributed by atoms with Gasteiger partial charge < -0.3 is 10.1 Å². The number of rotatable bonds is 8. The van der Waals surface area contributed by atoms with Crippen LogP contribution in [0.1, 0.15) is 15.9 Å². The summed E-state index contributed by atoms with van der Waals surface area (Å²) in [6.45, 7) is -0.383. The quantitative estimate of drug-likeness (QED) is 0.201. The molecule has 0 aromatic heterocycles. The summed E-state index contributed by atoms with van der Waals surface area (Å²) in [5, 5.41) is 18.1. The van der Waals surface area contributed by atoms with E-state index in [9.17, 15) is 19.7 Å². The molecule has 2 amide bonds. The van der Waals surface area contributed by atoms with Crippen molar-refractivity contribution in [2.24, 2.45) is 5.10 Å². The van der Waals surface area contributed by atoms with E-state index >= 15 is 0 Å². The summed E-state index contributed by atoms with van der Waals surface area (Å²) in [7, 11) is 0. The van der Waals surface area contributed by atoms with Gasteiger partial charge >= 0.3 is 0 Å². The molecular formula is C22H14Cl4N4O5. The highest BCUT2D eigenvalue weighted by atomic mass is 35.5. The van der Waals surface area contributed by atoms with Crippen LogP contribution in [0.2, 0.25) is 20.1 Å². The Labute approximate surface area is 218 Å². The fourth-order valence-corrected chi connectivity index (χ4v) is 3.60. The van der Waals surface area contributed by atoms with Crippen molar-refractivity contribution in [3.05, 3.63) is 95.9 Å². The number of hydrazone groups is 1. The van der Waals surface area contributed by atoms with Crippen LogP contribution in [-0.2, 0) is 4.79 Å². The number of amides is 2. The van der Waals surface area contributed by atoms with Gasteiger partial charge in [-0.05, 0) is 42.0 Å². The Morgan fingerprint density at radius 2 is 1.69 bits per heavy atom. The Balaban J connectivity index is 1.59. The third-order valence-corrected chi connectivity index (χ3v) is 5.57. The van der Waals surface area contributed by atoms with Gasteiger partial charge in [-0.2, -0.15) is 5.10 Å². The van der Waals surface area contributed by atoms with Crippen molar-refractivity contribution < 1.29 is 19.2 Å². The second-order valence-corrected chi connectivity index (χ2v) is 8.41. The zero-order chi connectivity index (χ0) is 25.5. The molecular weight excluding hydrogens is 542 g/mol. The van der Waals surface area contributed by atoms with Crippen LogP contribution in [0, 0.1) is 10.1 Å². The molecule has 0 fully saturated rings. The summed E-state index contributed by atoms with van der Waals surface area (Å²) in [6.07, 6.45) is 1.27. The van der Waals surface area contributed by atoms with Crippen LogP contribution in [0.25, 0.3) is 0 Å². The minimum Gasteiger partial charge on any atom is -0.481 e. The number of nitro benzene ring substituents is 1. The molecule has 2 N–H and O–H groups in total. The zero-order valence-electron chi connectivity index (χ0n) is 17.4. The standard InChI is InChI=1S/C22H14Cl4N4O5/c23-16-5-4-14(9-17(16)24)28-20(31)11-35-21-18(25)6-12(7-19(21)26)10-27-29-22(32)13-2-1-3-15(8-13)30(33)34/h1-10H,11H2,(H,28,31)(H,29,32)/b27-10+. The molecule has 0 aliphatic carbocycles. The van der Waals surface area contributed by atoms with Gasteiger partial charge in [0.25, 0.3) is 17.5 Å². The van der Waals surface area contributed by atoms with Crippen molar-refractivity contribution in [3.63, 3.8) is 0 Å². The maximum absolute atomic E-state index is 12.2. The lowest BCUT2D eigenvalue weighted by Gasteiger charge is -2.11. The summed E-state index contributed by atoms with van der Waals surface area (Å²) < 4.78 is 5.44. The highest BCUT2D eigenvalue weighted by Gasteiger charge is 2.13. The first kappa shape index (κ1) is 26.2. The molecule has 0 spiro atoms. The van der Waals surface area contributed by atoms with Gasteiger partial charge in [-0.1, -0.05) is 52.5 Å². The van der Waals surface area contributed by atoms with Crippen molar-refractivity contribution in [3.8, 4) is 5.75 Å². The Kier molecular flexibility index (Phi) is 8.89. The van der Waals surface area contributed by atoms with Gasteiger partial charge in [-0.25, -0.2) is 5.43 Å². The topological polar surface area (TPSA) is 123 Å². The molecule has 9 nitrogen and oxygen atoms in total. The lowest BCUT2D eigenvalue weighted by molar-refractivity contribution is -0.384. The Morgan fingerprint density at radius 3 is 2.34 bits per heavy atom. The van der Waals surface area contributed by atoms with E-state index in [2.05, 4.69) is 15.8 Å². The first-order valence-electron chi connectivity index (χ1n) is 9.58. The van der Waals surface area contributed by atoms with Gasteiger partial charge in [0.15, 0.2) is 12.4 Å². The Morgan fingerprint density at radius 1 is 0.971 bits per heavy atom. The van der Waals surface area contributed by atoms with Crippen LogP contribution in [0.15, 0.2) is 59.7 Å². The van der Waals surface area contributed by atoms with E-state index in [1.807, 2.05) is 0 Å². The highest BCUT2D eigenvalue weighted by molar-refractivity contribution is 6.42. The normalized spacial score (nSPS) is 10.7. The molecule has 3 aromatic rings. The van der Waals surface area contributed by atoms with Gasteiger partial charge in [0.1, 0.15) is 0 Å². The molecule has 13 heteroatoms. The van der Waals surface area contributed by atoms with Crippen molar-refractivity contribution in [1.82, 2.24) is 5.43 Å². The number of carbonyl (C=O) groups is 2. The number of carbonyl (C=O) groups excluding carboxylic acids is 2. The van der Waals surface area contributed by atoms with Crippen LogP contribution < -0.4 is 15.5 Å². The summed E-state index contributed by atoms with van der Waals surface area (Å²) in [5.41, 5.74) is 2.96. The fourth-order valence-electron chi connectivity index (χ4n) is 2.69. The predicted octanol–water partition coefficient (Wildman–Crippen LogP) is 5.99. The minimum atomic E-state index is -0.643. The van der Waals surface area contributed by atoms with Crippen LogP contribution >= 0.6 is 46.4 Å². The van der Waals surface area contributed by atoms with Crippen molar-refractivity contribution in [2.45, 2.75) is 0 Å². The van der Waals surface area contributed by atoms with E-state index in [1.165, 1.54) is 42.6 Å². The molecule has 0 saturated carbocycles. The average Bonchev–Trinajstić information content (AvgIpc) is 2.81.